The lowest BCUT2D eigenvalue weighted by Gasteiger charge is -2.34. The van der Waals surface area contributed by atoms with E-state index in [-0.39, 0.29) is 10.8 Å². The molecule has 14 aromatic rings. The molecule has 106 heavy (non-hydrogen) atoms. The molecule has 0 saturated carbocycles. The molecule has 0 fully saturated rings. The Balaban J connectivity index is 0.664. The number of hydrogen-bond donors (Lipinski definition) is 0. The average Bonchev–Trinajstić information content (AvgIpc) is 1.55. The van der Waals surface area contributed by atoms with Crippen molar-refractivity contribution in [1.82, 2.24) is 0 Å². The van der Waals surface area contributed by atoms with Crippen LogP contribution < -0.4 is 9.80 Å². The molecular weight excluding hydrogens is 1280 g/mol. The predicted octanol–water partition coefficient (Wildman–Crippen LogP) is 27.6. The summed E-state index contributed by atoms with van der Waals surface area (Å²) in [5.41, 5.74) is 36.3. The highest BCUT2D eigenvalue weighted by Crippen LogP contribution is 2.59. The molecule has 0 aliphatic heterocycles. The molecule has 0 saturated heterocycles. The maximum atomic E-state index is 2.55. The molecule has 518 valence electrons. The number of nitrogens with zero attached hydrogens (tertiary/aromatic N) is 2. The van der Waals surface area contributed by atoms with E-state index < -0.39 is 0 Å². The topological polar surface area (TPSA) is 6.48 Å². The van der Waals surface area contributed by atoms with Gasteiger partial charge in [-0.05, 0) is 259 Å². The van der Waals surface area contributed by atoms with Crippen LogP contribution in [0.2, 0.25) is 0 Å². The van der Waals surface area contributed by atoms with E-state index >= 15 is 0 Å². The highest BCUT2D eigenvalue weighted by molar-refractivity contribution is 5.91. The summed E-state index contributed by atoms with van der Waals surface area (Å²) in [4.78, 5) is 4.97. The molecule has 0 aromatic heterocycles. The van der Waals surface area contributed by atoms with E-state index in [0.717, 1.165) is 59.8 Å². The van der Waals surface area contributed by atoms with E-state index in [1.54, 1.807) is 22.3 Å². The molecule has 2 heteroatoms. The highest BCUT2D eigenvalue weighted by atomic mass is 15.1. The van der Waals surface area contributed by atoms with E-state index in [1.807, 2.05) is 0 Å². The average molecular weight is 1370 g/mol. The second-order valence-corrected chi connectivity index (χ2v) is 30.4. The Bertz CT molecular complexity index is 5050. The largest absolute Gasteiger partial charge is 0.310 e. The fourth-order valence-corrected chi connectivity index (χ4v) is 18.6. The molecule has 0 amide bonds. The van der Waals surface area contributed by atoms with Gasteiger partial charge in [-0.1, -0.05) is 318 Å². The van der Waals surface area contributed by atoms with Gasteiger partial charge in [-0.15, -0.1) is 0 Å². The number of aryl methyl sites for hydroxylation is 6. The van der Waals surface area contributed by atoms with Crippen LogP contribution in [0.3, 0.4) is 0 Å². The van der Waals surface area contributed by atoms with Crippen molar-refractivity contribution in [1.29, 1.82) is 0 Å². The lowest BCUT2D eigenvalue weighted by Crippen LogP contribution is -2.27. The van der Waals surface area contributed by atoms with Crippen molar-refractivity contribution < 1.29 is 0 Å². The molecule has 0 radical (unpaired) electrons. The van der Waals surface area contributed by atoms with Crippen molar-refractivity contribution in [2.24, 2.45) is 0 Å². The van der Waals surface area contributed by atoms with Gasteiger partial charge in [0.05, 0.1) is 0 Å². The van der Waals surface area contributed by atoms with Gasteiger partial charge in [0.1, 0.15) is 0 Å². The summed E-state index contributed by atoms with van der Waals surface area (Å²) in [6.07, 6.45) is 21.7. The summed E-state index contributed by atoms with van der Waals surface area (Å²) < 4.78 is 0. The van der Waals surface area contributed by atoms with Crippen LogP contribution in [0.5, 0.6) is 0 Å². The zero-order chi connectivity index (χ0) is 70.6. The Morgan fingerprint density at radius 1 is 0.208 bits per heavy atom. The molecule has 0 heterocycles. The molecule has 4 aliphatic rings. The third-order valence-corrected chi connectivity index (χ3v) is 24.3. The molecule has 0 bridgehead atoms. The van der Waals surface area contributed by atoms with Crippen LogP contribution in [0.25, 0.3) is 55.6 Å². The minimum atomic E-state index is -0.308. The summed E-state index contributed by atoms with van der Waals surface area (Å²) >= 11 is 0. The SMILES string of the molecule is c1ccc(-c2ccc(N(c3ccc(-c4ccc(N(c5ccc(-c6ccccc6)cc5)c5ccc6c(c5)C(CCCCCCCc5ccc7c(c5)CC7)(c5ccccc5)c5ccccc5-6)cc4)cc3)c3ccc4c(c3)C(CCCCCCCc3ccc5c(c3)CC5)(c3ccccc3)c3ccccc3-4)cc2)cc1. The van der Waals surface area contributed by atoms with Gasteiger partial charge in [0, 0.05) is 45.0 Å². The van der Waals surface area contributed by atoms with Crippen molar-refractivity contribution >= 4 is 34.1 Å². The second kappa shape index (κ2) is 29.7. The molecule has 4 aliphatic carbocycles. The maximum absolute atomic E-state index is 2.55. The Labute approximate surface area is 628 Å². The normalized spacial score (nSPS) is 15.4. The second-order valence-electron chi connectivity index (χ2n) is 30.4. The standard InChI is InChI=1S/C104H92N2/c1(3-11-27-75-41-43-83-45-47-85(83)71-75)5-25-69-103(87-33-17-9-18-34-87)99-39-23-21-37-95(99)97-67-65-93(73-101(97)103)105(89-57-49-79(50-58-89)77-29-13-7-14-30-77)91-61-53-81(54-62-91)82-55-63-92(64-56-82)106(90-59-51-80(52-60-90)78-31-15-8-16-32-78)94-66-68-98-96-38-22-24-40-100(96)104(102(98)74-94,88-35-19-10-20-36-88)70-26-6-2-4-12-28-76-42-44-84-46-48-86(84)72-76/h7-10,13-24,29-44,49-68,71-74H,1-6,11-12,25-28,45-48,69-70H2. The third-order valence-electron chi connectivity index (χ3n) is 24.3. The molecule has 0 N–H and O–H groups in total. The van der Waals surface area contributed by atoms with Crippen LogP contribution in [0, 0.1) is 0 Å². The number of anilines is 6. The van der Waals surface area contributed by atoms with Crippen molar-refractivity contribution in [2.75, 3.05) is 9.80 Å². The first kappa shape index (κ1) is 66.6. The van der Waals surface area contributed by atoms with Crippen LogP contribution in [0.1, 0.15) is 144 Å². The molecule has 14 aromatic carbocycles. The number of unbranched alkanes of at least 4 members (excludes halogenated alkanes) is 8. The minimum Gasteiger partial charge on any atom is -0.310 e. The Kier molecular flexibility index (Phi) is 18.6. The lowest BCUT2D eigenvalue weighted by atomic mass is 9.69. The number of benzene rings is 14. The van der Waals surface area contributed by atoms with Crippen molar-refractivity contribution in [3.05, 3.63) is 406 Å². The van der Waals surface area contributed by atoms with Crippen molar-refractivity contribution in [3.8, 4) is 55.6 Å². The smallest absolute Gasteiger partial charge is 0.0465 e. The van der Waals surface area contributed by atoms with Gasteiger partial charge in [-0.3, -0.25) is 0 Å². The van der Waals surface area contributed by atoms with Gasteiger partial charge in [0.15, 0.2) is 0 Å². The molecule has 2 nitrogen and oxygen atoms in total. The summed E-state index contributed by atoms with van der Waals surface area (Å²) in [6, 6.07) is 129. The van der Waals surface area contributed by atoms with Gasteiger partial charge in [0.2, 0.25) is 0 Å². The number of rotatable bonds is 27. The van der Waals surface area contributed by atoms with Crippen LogP contribution in [0.15, 0.2) is 340 Å². The number of fused-ring (bicyclic) bond motifs is 8. The zero-order valence-electron chi connectivity index (χ0n) is 61.0. The molecule has 2 atom stereocenters. The minimum absolute atomic E-state index is 0.308. The fourth-order valence-electron chi connectivity index (χ4n) is 18.6. The summed E-state index contributed by atoms with van der Waals surface area (Å²) in [5, 5.41) is 0. The van der Waals surface area contributed by atoms with Crippen LogP contribution in [0.4, 0.5) is 34.1 Å². The first-order chi connectivity index (χ1) is 52.5. The van der Waals surface area contributed by atoms with Gasteiger partial charge in [-0.25, -0.2) is 0 Å². The lowest BCUT2D eigenvalue weighted by molar-refractivity contribution is 0.507. The van der Waals surface area contributed by atoms with Gasteiger partial charge >= 0.3 is 0 Å². The van der Waals surface area contributed by atoms with Crippen LogP contribution >= 0.6 is 0 Å². The molecule has 2 unspecified atom stereocenters. The van der Waals surface area contributed by atoms with Gasteiger partial charge in [-0.2, -0.15) is 0 Å². The monoisotopic (exact) mass is 1370 g/mol. The van der Waals surface area contributed by atoms with E-state index in [0.29, 0.717) is 0 Å². The van der Waals surface area contributed by atoms with E-state index in [2.05, 4.69) is 350 Å². The Morgan fingerprint density at radius 2 is 0.500 bits per heavy atom. The quantitative estimate of drug-likeness (QED) is 0.0474. The third kappa shape index (κ3) is 12.8. The highest BCUT2D eigenvalue weighted by Gasteiger charge is 2.46. The maximum Gasteiger partial charge on any atom is 0.0465 e. The Morgan fingerprint density at radius 3 is 0.849 bits per heavy atom. The van der Waals surface area contributed by atoms with Crippen molar-refractivity contribution in [2.45, 2.75) is 126 Å². The summed E-state index contributed by atoms with van der Waals surface area (Å²) in [7, 11) is 0. The van der Waals surface area contributed by atoms with E-state index in [1.165, 1.54) is 190 Å². The Hall–Kier alpha value is -11.3. The molecule has 0 spiro atoms. The van der Waals surface area contributed by atoms with Crippen molar-refractivity contribution in [3.63, 3.8) is 0 Å². The van der Waals surface area contributed by atoms with Gasteiger partial charge < -0.3 is 9.80 Å². The van der Waals surface area contributed by atoms with Crippen LogP contribution in [-0.2, 0) is 49.4 Å². The predicted molar refractivity (Wildman–Crippen MR) is 446 cm³/mol. The fraction of sp³-hybridized carbons (Fsp3) is 0.192. The molecular formula is C104H92N2. The first-order valence-electron chi connectivity index (χ1n) is 39.5. The number of hydrogen-bond acceptors (Lipinski definition) is 2. The van der Waals surface area contributed by atoms with Gasteiger partial charge in [0.25, 0.3) is 0 Å². The van der Waals surface area contributed by atoms with Crippen LogP contribution in [-0.4, -0.2) is 0 Å². The van der Waals surface area contributed by atoms with E-state index in [4.69, 9.17) is 0 Å². The first-order valence-corrected chi connectivity index (χ1v) is 39.5. The zero-order valence-corrected chi connectivity index (χ0v) is 61.0. The summed E-state index contributed by atoms with van der Waals surface area (Å²) in [6.45, 7) is 0. The van der Waals surface area contributed by atoms with E-state index in [9.17, 15) is 0 Å². The summed E-state index contributed by atoms with van der Waals surface area (Å²) in [5.74, 6) is 0. The molecule has 18 rings (SSSR count).